The van der Waals surface area contributed by atoms with Crippen LogP contribution in [0.4, 0.5) is 22.2 Å². The standard InChI is InChI=1S/C24H28N6O3S/c1-6-33-23(32)22-21(16-10-8-7-9-11-16)29(2)24(34-22)28-27-18-13-12-17(25)14-19(18)26-20(31)15-30(3,4)5/h7-14H,6,15H2,1-5H3,(H-,25,26,31)/p+2. The highest BCUT2D eigenvalue weighted by atomic mass is 32.1. The second-order valence-electron chi connectivity index (χ2n) is 8.68. The molecule has 2 aromatic carbocycles. The Bertz CT molecular complexity index is 1220. The summed E-state index contributed by atoms with van der Waals surface area (Å²) in [6.07, 6.45) is 0. The fourth-order valence-electron chi connectivity index (χ4n) is 3.26. The number of carbonyl (C=O) groups is 2. The largest absolute Gasteiger partial charge is 0.462 e. The summed E-state index contributed by atoms with van der Waals surface area (Å²) in [5.41, 5.74) is 8.92. The van der Waals surface area contributed by atoms with Crippen LogP contribution >= 0.6 is 11.3 Å². The lowest BCUT2D eigenvalue weighted by molar-refractivity contribution is -0.861. The molecule has 0 radical (unpaired) electrons. The van der Waals surface area contributed by atoms with E-state index in [0.29, 0.717) is 37.2 Å². The Morgan fingerprint density at radius 3 is 2.47 bits per heavy atom. The third kappa shape index (κ3) is 6.24. The highest BCUT2D eigenvalue weighted by molar-refractivity contribution is 7.17. The summed E-state index contributed by atoms with van der Waals surface area (Å²) < 4.78 is 7.55. The van der Waals surface area contributed by atoms with Gasteiger partial charge in [0.15, 0.2) is 17.1 Å². The van der Waals surface area contributed by atoms with Gasteiger partial charge in [-0.05, 0) is 41.6 Å². The number of hydrogen-bond acceptors (Lipinski definition) is 7. The number of nitrogens with one attached hydrogen (secondary N) is 1. The number of benzene rings is 2. The third-order valence-corrected chi connectivity index (χ3v) is 5.80. The number of nitrogens with zero attached hydrogens (tertiary/aromatic N) is 4. The first kappa shape index (κ1) is 25.0. The monoisotopic (exact) mass is 482 g/mol. The minimum absolute atomic E-state index is 0.160. The zero-order valence-corrected chi connectivity index (χ0v) is 20.8. The van der Waals surface area contributed by atoms with Gasteiger partial charge in [0.1, 0.15) is 5.69 Å². The molecule has 0 atom stereocenters. The normalized spacial score (nSPS) is 11.6. The summed E-state index contributed by atoms with van der Waals surface area (Å²) in [6, 6.07) is 14.6. The molecule has 34 heavy (non-hydrogen) atoms. The Hall–Kier alpha value is -3.63. The van der Waals surface area contributed by atoms with Crippen molar-refractivity contribution in [2.24, 2.45) is 17.3 Å². The summed E-state index contributed by atoms with van der Waals surface area (Å²) in [4.78, 5) is 25.6. The molecule has 0 aliphatic carbocycles. The average Bonchev–Trinajstić information content (AvgIpc) is 3.09. The van der Waals surface area contributed by atoms with Gasteiger partial charge in [-0.1, -0.05) is 30.3 Å². The fourth-order valence-corrected chi connectivity index (χ4v) is 4.24. The molecule has 0 bridgehead atoms. The van der Waals surface area contributed by atoms with Gasteiger partial charge in [0.25, 0.3) is 5.91 Å². The van der Waals surface area contributed by atoms with Crippen LogP contribution in [-0.4, -0.2) is 50.7 Å². The van der Waals surface area contributed by atoms with Crippen LogP contribution in [0.3, 0.4) is 0 Å². The number of nitrogen functional groups attached to an aromatic ring is 1. The Labute approximate surface area is 203 Å². The van der Waals surface area contributed by atoms with Crippen molar-refractivity contribution in [3.8, 4) is 11.3 Å². The van der Waals surface area contributed by atoms with Crippen LogP contribution in [0.1, 0.15) is 16.6 Å². The lowest BCUT2D eigenvalue weighted by Crippen LogP contribution is -2.41. The molecule has 10 heteroatoms. The van der Waals surface area contributed by atoms with E-state index in [4.69, 9.17) is 10.5 Å². The van der Waals surface area contributed by atoms with Crippen molar-refractivity contribution in [3.63, 3.8) is 0 Å². The number of esters is 1. The maximum atomic E-state index is 12.6. The van der Waals surface area contributed by atoms with Gasteiger partial charge in [-0.15, -0.1) is 0 Å². The number of carbonyl (C=O) groups excluding carboxylic acids is 2. The first-order valence-corrected chi connectivity index (χ1v) is 11.6. The molecule has 0 fully saturated rings. The minimum atomic E-state index is -0.413. The van der Waals surface area contributed by atoms with E-state index in [1.165, 1.54) is 11.3 Å². The van der Waals surface area contributed by atoms with Crippen LogP contribution in [-0.2, 0) is 16.6 Å². The van der Waals surface area contributed by atoms with Crippen LogP contribution in [0.25, 0.3) is 11.3 Å². The Morgan fingerprint density at radius 2 is 1.82 bits per heavy atom. The molecule has 0 saturated carbocycles. The van der Waals surface area contributed by atoms with Crippen molar-refractivity contribution < 1.29 is 23.4 Å². The number of rotatable bonds is 8. The van der Waals surface area contributed by atoms with Crippen molar-refractivity contribution in [2.75, 3.05) is 45.3 Å². The highest BCUT2D eigenvalue weighted by Gasteiger charge is 2.29. The lowest BCUT2D eigenvalue weighted by Gasteiger charge is -2.22. The predicted octanol–water partition coefficient (Wildman–Crippen LogP) is 4.06. The number of hydrogen-bond donors (Lipinski definition) is 2. The molecule has 0 aliphatic rings. The number of amides is 1. The average molecular weight is 483 g/mol. The number of thiazole rings is 1. The number of anilines is 2. The molecular formula is C24H30N6O3S+2. The van der Waals surface area contributed by atoms with Crippen LogP contribution in [0.5, 0.6) is 0 Å². The van der Waals surface area contributed by atoms with Crippen molar-refractivity contribution in [2.45, 2.75) is 6.92 Å². The number of quaternary nitrogens is 1. The quantitative estimate of drug-likeness (QED) is 0.166. The van der Waals surface area contributed by atoms with Gasteiger partial charge >= 0.3 is 11.1 Å². The number of ether oxygens (including phenoxy) is 1. The summed E-state index contributed by atoms with van der Waals surface area (Å²) in [6.45, 7) is 2.33. The maximum Gasteiger partial charge on any atom is 0.409 e. The van der Waals surface area contributed by atoms with Gasteiger partial charge < -0.3 is 20.3 Å². The Kier molecular flexibility index (Phi) is 7.75. The van der Waals surface area contributed by atoms with Gasteiger partial charge in [0, 0.05) is 11.3 Å². The molecular weight excluding hydrogens is 452 g/mol. The Balaban J connectivity index is 1.99. The molecule has 3 aromatic rings. The molecule has 178 valence electrons. The van der Waals surface area contributed by atoms with E-state index in [1.54, 1.807) is 25.1 Å². The van der Waals surface area contributed by atoms with E-state index >= 15 is 0 Å². The van der Waals surface area contributed by atoms with Gasteiger partial charge in [-0.3, -0.25) is 4.79 Å². The first-order valence-electron chi connectivity index (χ1n) is 10.8. The molecule has 0 unspecified atom stereocenters. The summed E-state index contributed by atoms with van der Waals surface area (Å²) in [7, 11) is 7.62. The minimum Gasteiger partial charge on any atom is -0.462 e. The topological polar surface area (TPSA) is 110 Å². The molecule has 0 aliphatic heterocycles. The van der Waals surface area contributed by atoms with Gasteiger partial charge in [0.2, 0.25) is 0 Å². The van der Waals surface area contributed by atoms with E-state index < -0.39 is 5.97 Å². The first-order chi connectivity index (χ1) is 16.1. The zero-order chi connectivity index (χ0) is 24.9. The fraction of sp³-hybridized carbons (Fsp3) is 0.292. The lowest BCUT2D eigenvalue weighted by atomic mass is 10.1. The van der Waals surface area contributed by atoms with Gasteiger partial charge in [-0.2, -0.15) is 0 Å². The maximum absolute atomic E-state index is 12.6. The van der Waals surface area contributed by atoms with Crippen molar-refractivity contribution >= 4 is 45.4 Å². The zero-order valence-electron chi connectivity index (χ0n) is 20.0. The van der Waals surface area contributed by atoms with Crippen LogP contribution in [0.15, 0.2) is 58.8 Å². The van der Waals surface area contributed by atoms with Gasteiger partial charge in [-0.25, -0.2) is 9.36 Å². The van der Waals surface area contributed by atoms with Gasteiger partial charge in [0.05, 0.1) is 45.6 Å². The molecule has 3 rings (SSSR count). The molecule has 1 amide bonds. The van der Waals surface area contributed by atoms with Crippen molar-refractivity contribution in [3.05, 3.63) is 53.4 Å². The van der Waals surface area contributed by atoms with E-state index in [1.807, 2.05) is 63.1 Å². The third-order valence-electron chi connectivity index (χ3n) is 4.69. The highest BCUT2D eigenvalue weighted by Crippen LogP contribution is 2.34. The number of likely N-dealkylation sites (N-methyl/N-ethyl adjacent to an activating group) is 1. The van der Waals surface area contributed by atoms with Crippen LogP contribution in [0, 0.1) is 0 Å². The van der Waals surface area contributed by atoms with Crippen molar-refractivity contribution in [1.29, 1.82) is 0 Å². The second kappa shape index (κ2) is 10.5. The SMILES string of the molecule is CCOC(=O)c1sc(N=Nc2ccc(N)cc2NC(=O)C[N+](C)(C)C)[n+](C)c1-c1ccccc1. The van der Waals surface area contributed by atoms with E-state index in [0.717, 1.165) is 5.56 Å². The molecule has 1 aromatic heterocycles. The van der Waals surface area contributed by atoms with E-state index in [2.05, 4.69) is 15.5 Å². The van der Waals surface area contributed by atoms with E-state index in [9.17, 15) is 9.59 Å². The second-order valence-corrected chi connectivity index (χ2v) is 9.66. The molecule has 3 N–H and O–H groups in total. The van der Waals surface area contributed by atoms with Crippen LogP contribution in [0.2, 0.25) is 0 Å². The number of aromatic nitrogens is 1. The predicted molar refractivity (Wildman–Crippen MR) is 133 cm³/mol. The van der Waals surface area contributed by atoms with Crippen LogP contribution < -0.4 is 15.6 Å². The summed E-state index contributed by atoms with van der Waals surface area (Å²) in [5, 5.41) is 12.1. The summed E-state index contributed by atoms with van der Waals surface area (Å²) >= 11 is 1.19. The summed E-state index contributed by atoms with van der Waals surface area (Å²) in [5.74, 6) is -0.573. The number of nitrogens with two attached hydrogens (primary N) is 1. The molecule has 0 spiro atoms. The Morgan fingerprint density at radius 1 is 1.12 bits per heavy atom. The number of azo groups is 1. The van der Waals surface area contributed by atoms with Crippen molar-refractivity contribution in [1.82, 2.24) is 0 Å². The smallest absolute Gasteiger partial charge is 0.409 e. The van der Waals surface area contributed by atoms with E-state index in [-0.39, 0.29) is 19.1 Å². The molecule has 1 heterocycles. The molecule has 0 saturated heterocycles. The molecule has 9 nitrogen and oxygen atoms in total.